The number of aryl methyl sites for hydroxylation is 1. The summed E-state index contributed by atoms with van der Waals surface area (Å²) in [5.74, 6) is -1.10. The number of benzene rings is 2. The zero-order valence-electron chi connectivity index (χ0n) is 14.0. The van der Waals surface area contributed by atoms with Gasteiger partial charge in [-0.1, -0.05) is 30.3 Å². The number of carbonyl (C=O) groups is 2. The quantitative estimate of drug-likeness (QED) is 0.826. The normalized spacial score (nSPS) is 11.0. The number of carbonyl (C=O) groups excluding carboxylic acids is 2. The fraction of sp³-hybridized carbons (Fsp3) is 0.263. The second kappa shape index (κ2) is 7.25. The van der Waals surface area contributed by atoms with E-state index in [-0.39, 0.29) is 18.3 Å². The lowest BCUT2D eigenvalue weighted by atomic mass is 9.90. The highest BCUT2D eigenvalue weighted by molar-refractivity contribution is 6.10. The second-order valence-electron chi connectivity index (χ2n) is 6.20. The summed E-state index contributed by atoms with van der Waals surface area (Å²) in [6, 6.07) is 13.2. The van der Waals surface area contributed by atoms with Crippen LogP contribution in [0, 0.1) is 18.2 Å². The monoisotopic (exact) mass is 328 g/mol. The third-order valence-electron chi connectivity index (χ3n) is 3.89. The van der Waals surface area contributed by atoms with Gasteiger partial charge in [0.1, 0.15) is 11.2 Å². The van der Waals surface area contributed by atoms with E-state index in [4.69, 9.17) is 0 Å². The fourth-order valence-corrected chi connectivity index (χ4v) is 2.10. The summed E-state index contributed by atoms with van der Waals surface area (Å²) in [6.07, 6.45) is 0. The van der Waals surface area contributed by atoms with Gasteiger partial charge in [-0.3, -0.25) is 9.59 Å². The summed E-state index contributed by atoms with van der Waals surface area (Å²) < 4.78 is 12.9. The fourth-order valence-electron chi connectivity index (χ4n) is 2.10. The third kappa shape index (κ3) is 4.19. The number of rotatable bonds is 5. The molecule has 0 spiro atoms. The van der Waals surface area contributed by atoms with Crippen LogP contribution in [0.15, 0.2) is 48.5 Å². The van der Waals surface area contributed by atoms with Crippen molar-refractivity contribution in [1.29, 1.82) is 0 Å². The first kappa shape index (κ1) is 17.7. The maximum atomic E-state index is 12.9. The van der Waals surface area contributed by atoms with E-state index in [1.54, 1.807) is 32.0 Å². The summed E-state index contributed by atoms with van der Waals surface area (Å²) in [6.45, 7) is 5.26. The summed E-state index contributed by atoms with van der Waals surface area (Å²) in [5.41, 5.74) is 1.14. The van der Waals surface area contributed by atoms with Gasteiger partial charge in [0.2, 0.25) is 11.8 Å². The van der Waals surface area contributed by atoms with E-state index in [2.05, 4.69) is 10.6 Å². The first-order valence-corrected chi connectivity index (χ1v) is 7.70. The van der Waals surface area contributed by atoms with Gasteiger partial charge in [-0.25, -0.2) is 4.39 Å². The van der Waals surface area contributed by atoms with Crippen LogP contribution < -0.4 is 10.6 Å². The summed E-state index contributed by atoms with van der Waals surface area (Å²) >= 11 is 0. The molecule has 2 aromatic carbocycles. The number of halogens is 1. The van der Waals surface area contributed by atoms with E-state index < -0.39 is 11.3 Å². The van der Waals surface area contributed by atoms with Crippen molar-refractivity contribution in [1.82, 2.24) is 5.32 Å². The Morgan fingerprint density at radius 3 is 2.25 bits per heavy atom. The van der Waals surface area contributed by atoms with Crippen LogP contribution in [0.5, 0.6) is 0 Å². The average molecular weight is 328 g/mol. The maximum absolute atomic E-state index is 12.9. The van der Waals surface area contributed by atoms with Gasteiger partial charge < -0.3 is 10.6 Å². The van der Waals surface area contributed by atoms with Crippen molar-refractivity contribution in [2.75, 3.05) is 5.32 Å². The highest BCUT2D eigenvalue weighted by Crippen LogP contribution is 2.21. The third-order valence-corrected chi connectivity index (χ3v) is 3.89. The van der Waals surface area contributed by atoms with E-state index in [1.807, 2.05) is 25.1 Å². The van der Waals surface area contributed by atoms with Crippen molar-refractivity contribution in [2.45, 2.75) is 27.3 Å². The highest BCUT2D eigenvalue weighted by atomic mass is 19.1. The number of anilines is 1. The minimum Gasteiger partial charge on any atom is -0.351 e. The van der Waals surface area contributed by atoms with E-state index in [0.29, 0.717) is 5.69 Å². The van der Waals surface area contributed by atoms with Crippen molar-refractivity contribution in [2.24, 2.45) is 5.41 Å². The minimum absolute atomic E-state index is 0.236. The Bertz CT molecular complexity index is 739. The Kier molecular flexibility index (Phi) is 5.34. The number of para-hydroxylation sites is 1. The first-order valence-electron chi connectivity index (χ1n) is 7.70. The molecule has 4 nitrogen and oxygen atoms in total. The molecule has 0 bridgehead atoms. The molecule has 0 radical (unpaired) electrons. The molecule has 126 valence electrons. The molecule has 0 unspecified atom stereocenters. The molecule has 0 saturated heterocycles. The molecule has 0 aliphatic heterocycles. The van der Waals surface area contributed by atoms with Crippen LogP contribution in [-0.2, 0) is 16.1 Å². The largest absolute Gasteiger partial charge is 0.351 e. The minimum atomic E-state index is -1.23. The summed E-state index contributed by atoms with van der Waals surface area (Å²) in [5, 5.41) is 5.51. The topological polar surface area (TPSA) is 58.2 Å². The van der Waals surface area contributed by atoms with Crippen LogP contribution in [0.3, 0.4) is 0 Å². The van der Waals surface area contributed by atoms with Gasteiger partial charge in [0.15, 0.2) is 0 Å². The molecule has 0 saturated carbocycles. The molecule has 0 aliphatic carbocycles. The molecule has 0 fully saturated rings. The zero-order chi connectivity index (χ0) is 17.7. The van der Waals surface area contributed by atoms with Crippen LogP contribution in [0.2, 0.25) is 0 Å². The molecule has 0 aromatic heterocycles. The first-order chi connectivity index (χ1) is 11.3. The smallest absolute Gasteiger partial charge is 0.239 e. The molecule has 5 heteroatoms. The summed E-state index contributed by atoms with van der Waals surface area (Å²) in [4.78, 5) is 24.8. The lowest BCUT2D eigenvalue weighted by Gasteiger charge is -2.23. The van der Waals surface area contributed by atoms with Crippen LogP contribution in [0.25, 0.3) is 0 Å². The molecule has 2 aromatic rings. The zero-order valence-corrected chi connectivity index (χ0v) is 14.0. The highest BCUT2D eigenvalue weighted by Gasteiger charge is 2.36. The van der Waals surface area contributed by atoms with E-state index in [9.17, 15) is 14.0 Å². The van der Waals surface area contributed by atoms with Gasteiger partial charge in [0, 0.05) is 12.2 Å². The van der Waals surface area contributed by atoms with Crippen molar-refractivity contribution in [3.8, 4) is 0 Å². The molecule has 2 amide bonds. The van der Waals surface area contributed by atoms with Gasteiger partial charge in [-0.05, 0) is 50.1 Å². The van der Waals surface area contributed by atoms with Gasteiger partial charge in [-0.2, -0.15) is 0 Å². The molecule has 2 rings (SSSR count). The summed E-state index contributed by atoms with van der Waals surface area (Å²) in [7, 11) is 0. The predicted octanol–water partition coefficient (Wildman–Crippen LogP) is 3.42. The van der Waals surface area contributed by atoms with Crippen LogP contribution in [-0.4, -0.2) is 11.8 Å². The van der Waals surface area contributed by atoms with E-state index in [1.165, 1.54) is 12.1 Å². The van der Waals surface area contributed by atoms with Crippen LogP contribution in [0.4, 0.5) is 10.1 Å². The molecule has 0 atom stereocenters. The van der Waals surface area contributed by atoms with Gasteiger partial charge in [0.25, 0.3) is 0 Å². The molecule has 24 heavy (non-hydrogen) atoms. The Morgan fingerprint density at radius 1 is 1.00 bits per heavy atom. The van der Waals surface area contributed by atoms with E-state index in [0.717, 1.165) is 11.1 Å². The lowest BCUT2D eigenvalue weighted by Crippen LogP contribution is -2.44. The number of hydrogen-bond acceptors (Lipinski definition) is 2. The predicted molar refractivity (Wildman–Crippen MR) is 91.8 cm³/mol. The van der Waals surface area contributed by atoms with Crippen molar-refractivity contribution in [3.63, 3.8) is 0 Å². The van der Waals surface area contributed by atoms with Gasteiger partial charge >= 0.3 is 0 Å². The van der Waals surface area contributed by atoms with Crippen molar-refractivity contribution < 1.29 is 14.0 Å². The maximum Gasteiger partial charge on any atom is 0.239 e. The number of amides is 2. The Morgan fingerprint density at radius 2 is 1.62 bits per heavy atom. The van der Waals surface area contributed by atoms with Crippen LogP contribution in [0.1, 0.15) is 25.0 Å². The standard InChI is InChI=1S/C19H21FN2O2/c1-13-6-4-5-7-16(13)22-18(24)19(2,3)17(23)21-12-14-8-10-15(20)11-9-14/h4-11H,12H2,1-3H3,(H,21,23)(H,22,24). The second-order valence-corrected chi connectivity index (χ2v) is 6.20. The van der Waals surface area contributed by atoms with E-state index >= 15 is 0 Å². The van der Waals surface area contributed by atoms with Gasteiger partial charge in [-0.15, -0.1) is 0 Å². The molecule has 2 N–H and O–H groups in total. The molecule has 0 heterocycles. The Balaban J connectivity index is 1.99. The molecular formula is C19H21FN2O2. The number of hydrogen-bond donors (Lipinski definition) is 2. The average Bonchev–Trinajstić information content (AvgIpc) is 2.56. The van der Waals surface area contributed by atoms with Gasteiger partial charge in [0.05, 0.1) is 0 Å². The SMILES string of the molecule is Cc1ccccc1NC(=O)C(C)(C)C(=O)NCc1ccc(F)cc1. The molecular weight excluding hydrogens is 307 g/mol. The number of nitrogens with one attached hydrogen (secondary N) is 2. The van der Waals surface area contributed by atoms with Crippen molar-refractivity contribution >= 4 is 17.5 Å². The Hall–Kier alpha value is -2.69. The Labute approximate surface area is 141 Å². The lowest BCUT2D eigenvalue weighted by molar-refractivity contribution is -0.138. The molecule has 0 aliphatic rings. The van der Waals surface area contributed by atoms with Crippen molar-refractivity contribution in [3.05, 3.63) is 65.5 Å². The van der Waals surface area contributed by atoms with Crippen LogP contribution >= 0.6 is 0 Å².